The van der Waals surface area contributed by atoms with Gasteiger partial charge >= 0.3 is 0 Å². The molecule has 1 radical (unpaired) electrons. The van der Waals surface area contributed by atoms with Gasteiger partial charge < -0.3 is 0 Å². The van der Waals surface area contributed by atoms with Crippen LogP contribution in [0.25, 0.3) is 16.9 Å². The Labute approximate surface area is 103 Å². The Morgan fingerprint density at radius 1 is 1.24 bits per heavy atom. The number of hydrogen-bond donors (Lipinski definition) is 0. The van der Waals surface area contributed by atoms with Crippen LogP contribution in [0.5, 0.6) is 0 Å². The second kappa shape index (κ2) is 3.82. The summed E-state index contributed by atoms with van der Waals surface area (Å²) in [5.41, 5.74) is 1.63. The van der Waals surface area contributed by atoms with Gasteiger partial charge in [0.2, 0.25) is 0 Å². The summed E-state index contributed by atoms with van der Waals surface area (Å²) in [6.07, 6.45) is 6.80. The van der Waals surface area contributed by atoms with Crippen LogP contribution in [0.15, 0.2) is 30.9 Å². The van der Waals surface area contributed by atoms with E-state index in [1.54, 1.807) is 24.8 Å². The number of halogens is 1. The summed E-state index contributed by atoms with van der Waals surface area (Å²) in [5.74, 6) is 0.700. The van der Waals surface area contributed by atoms with Gasteiger partial charge in [-0.15, -0.1) is 0 Å². The van der Waals surface area contributed by atoms with Gasteiger partial charge in [-0.1, -0.05) is 11.6 Å². The van der Waals surface area contributed by atoms with Crippen molar-refractivity contribution in [1.82, 2.24) is 19.5 Å². The summed E-state index contributed by atoms with van der Waals surface area (Å²) in [7, 11) is 0. The summed E-state index contributed by atoms with van der Waals surface area (Å²) in [6, 6.07) is 4.71. The molecule has 3 rings (SSSR count). The molecule has 3 aromatic rings. The van der Waals surface area contributed by atoms with Crippen LogP contribution in [0.4, 0.5) is 0 Å². The minimum Gasteiger partial charge on any atom is -0.283 e. The minimum atomic E-state index is 0.631. The Morgan fingerprint density at radius 2 is 2.12 bits per heavy atom. The van der Waals surface area contributed by atoms with Crippen LogP contribution in [0.1, 0.15) is 5.69 Å². The number of rotatable bonds is 1. The highest BCUT2D eigenvalue weighted by Crippen LogP contribution is 2.25. The maximum atomic E-state index is 6.13. The van der Waals surface area contributed by atoms with Gasteiger partial charge in [-0.3, -0.25) is 9.55 Å². The third-order valence-electron chi connectivity index (χ3n) is 2.47. The van der Waals surface area contributed by atoms with E-state index in [0.29, 0.717) is 10.8 Å². The Balaban J connectivity index is 2.27. The summed E-state index contributed by atoms with van der Waals surface area (Å²) in [5, 5.41) is 1.49. The van der Waals surface area contributed by atoms with Crippen LogP contribution in [0.2, 0.25) is 5.02 Å². The number of aromatic nitrogens is 4. The molecule has 0 aromatic carbocycles. The summed E-state index contributed by atoms with van der Waals surface area (Å²) in [6.45, 7) is 1.89. The van der Waals surface area contributed by atoms with E-state index in [1.165, 1.54) is 0 Å². The quantitative estimate of drug-likeness (QED) is 0.660. The van der Waals surface area contributed by atoms with Crippen molar-refractivity contribution in [3.05, 3.63) is 47.6 Å². The second-order valence-electron chi connectivity index (χ2n) is 3.67. The number of hydrogen-bond acceptors (Lipinski definition) is 3. The van der Waals surface area contributed by atoms with E-state index >= 15 is 0 Å². The van der Waals surface area contributed by atoms with E-state index in [0.717, 1.165) is 16.7 Å². The molecule has 0 aliphatic rings. The predicted octanol–water partition coefficient (Wildman–Crippen LogP) is 2.58. The van der Waals surface area contributed by atoms with E-state index in [1.807, 2.05) is 17.6 Å². The van der Waals surface area contributed by atoms with Crippen LogP contribution in [0.3, 0.4) is 0 Å². The lowest BCUT2D eigenvalue weighted by Gasteiger charge is -2.02. The normalized spacial score (nSPS) is 10.9. The first kappa shape index (κ1) is 10.2. The maximum Gasteiger partial charge on any atom is 0.156 e. The molecule has 0 aliphatic carbocycles. The fourth-order valence-electron chi connectivity index (χ4n) is 1.65. The zero-order chi connectivity index (χ0) is 11.8. The monoisotopic (exact) mass is 243 g/mol. The number of aryl methyl sites for hydroxylation is 1. The minimum absolute atomic E-state index is 0.631. The van der Waals surface area contributed by atoms with E-state index in [-0.39, 0.29) is 0 Å². The lowest BCUT2D eigenvalue weighted by Crippen LogP contribution is -1.98. The molecule has 0 spiro atoms. The summed E-state index contributed by atoms with van der Waals surface area (Å²) < 4.78 is 1.82. The summed E-state index contributed by atoms with van der Waals surface area (Å²) in [4.78, 5) is 12.8. The molecular formula is C12H8ClN4. The molecule has 0 N–H and O–H groups in total. The van der Waals surface area contributed by atoms with Crippen molar-refractivity contribution in [3.8, 4) is 5.82 Å². The molecule has 0 fully saturated rings. The van der Waals surface area contributed by atoms with Gasteiger partial charge in [0.05, 0.1) is 23.1 Å². The molecule has 0 bridgehead atoms. The molecule has 3 heterocycles. The van der Waals surface area contributed by atoms with Crippen LogP contribution >= 0.6 is 11.6 Å². The SMILES string of the molecule is Cc1cnc(-n2cc(Cl)c3c[c]cnc32)cn1. The first-order valence-electron chi connectivity index (χ1n) is 5.07. The Bertz CT molecular complexity index is 673. The van der Waals surface area contributed by atoms with Gasteiger partial charge in [0.25, 0.3) is 0 Å². The zero-order valence-corrected chi connectivity index (χ0v) is 9.81. The third kappa shape index (κ3) is 1.66. The lowest BCUT2D eigenvalue weighted by molar-refractivity contribution is 0.978. The van der Waals surface area contributed by atoms with E-state index < -0.39 is 0 Å². The van der Waals surface area contributed by atoms with Crippen LogP contribution in [-0.4, -0.2) is 19.5 Å². The Hall–Kier alpha value is -1.94. The zero-order valence-electron chi connectivity index (χ0n) is 9.05. The van der Waals surface area contributed by atoms with Crippen molar-refractivity contribution >= 4 is 22.6 Å². The van der Waals surface area contributed by atoms with Gasteiger partial charge in [-0.05, 0) is 13.0 Å². The van der Waals surface area contributed by atoms with Gasteiger partial charge in [0, 0.05) is 23.8 Å². The second-order valence-corrected chi connectivity index (χ2v) is 4.08. The van der Waals surface area contributed by atoms with Crippen molar-refractivity contribution in [2.75, 3.05) is 0 Å². The van der Waals surface area contributed by atoms with Crippen LogP contribution in [0, 0.1) is 13.0 Å². The molecular weight excluding hydrogens is 236 g/mol. The highest BCUT2D eigenvalue weighted by molar-refractivity contribution is 6.35. The molecule has 0 aliphatic heterocycles. The third-order valence-corrected chi connectivity index (χ3v) is 2.77. The fourth-order valence-corrected chi connectivity index (χ4v) is 1.89. The van der Waals surface area contributed by atoms with Crippen LogP contribution in [-0.2, 0) is 0 Å². The van der Waals surface area contributed by atoms with E-state index in [2.05, 4.69) is 21.0 Å². The van der Waals surface area contributed by atoms with E-state index in [9.17, 15) is 0 Å². The van der Waals surface area contributed by atoms with Crippen molar-refractivity contribution in [2.45, 2.75) is 6.92 Å². The van der Waals surface area contributed by atoms with Gasteiger partial charge in [0.1, 0.15) is 5.65 Å². The number of fused-ring (bicyclic) bond motifs is 1. The molecule has 4 nitrogen and oxygen atoms in total. The molecule has 83 valence electrons. The van der Waals surface area contributed by atoms with Crippen molar-refractivity contribution < 1.29 is 0 Å². The number of nitrogens with zero attached hydrogens (tertiary/aromatic N) is 4. The average molecular weight is 244 g/mol. The van der Waals surface area contributed by atoms with Crippen molar-refractivity contribution in [2.24, 2.45) is 0 Å². The first-order valence-corrected chi connectivity index (χ1v) is 5.45. The van der Waals surface area contributed by atoms with Gasteiger partial charge in [-0.2, -0.15) is 0 Å². The van der Waals surface area contributed by atoms with Crippen molar-refractivity contribution in [3.63, 3.8) is 0 Å². The molecule has 0 saturated carbocycles. The number of pyridine rings is 1. The first-order chi connectivity index (χ1) is 8.25. The Kier molecular flexibility index (Phi) is 2.30. The van der Waals surface area contributed by atoms with Gasteiger partial charge in [0.15, 0.2) is 5.82 Å². The highest BCUT2D eigenvalue weighted by Gasteiger charge is 2.09. The topological polar surface area (TPSA) is 43.6 Å². The molecule has 17 heavy (non-hydrogen) atoms. The predicted molar refractivity (Wildman–Crippen MR) is 65.2 cm³/mol. The van der Waals surface area contributed by atoms with E-state index in [4.69, 9.17) is 11.6 Å². The smallest absolute Gasteiger partial charge is 0.156 e. The van der Waals surface area contributed by atoms with Crippen LogP contribution < -0.4 is 0 Å². The lowest BCUT2D eigenvalue weighted by atomic mass is 10.3. The molecule has 0 amide bonds. The van der Waals surface area contributed by atoms with Crippen molar-refractivity contribution in [1.29, 1.82) is 0 Å². The Morgan fingerprint density at radius 3 is 2.88 bits per heavy atom. The maximum absolute atomic E-state index is 6.13. The fraction of sp³-hybridized carbons (Fsp3) is 0.0833. The molecule has 0 atom stereocenters. The summed E-state index contributed by atoms with van der Waals surface area (Å²) >= 11 is 6.13. The molecule has 3 aromatic heterocycles. The largest absolute Gasteiger partial charge is 0.283 e. The molecule has 0 saturated heterocycles. The standard InChI is InChI=1S/C12H8ClN4/c1-8-5-16-11(6-15-8)17-7-10(13)9-3-2-4-14-12(9)17/h3-7H,1H3. The van der Waals surface area contributed by atoms with Gasteiger partial charge in [-0.25, -0.2) is 9.97 Å². The highest BCUT2D eigenvalue weighted by atomic mass is 35.5. The molecule has 5 heteroatoms. The average Bonchev–Trinajstić information content (AvgIpc) is 2.69. The molecule has 0 unspecified atom stereocenters.